The maximum atomic E-state index is 13.4. The van der Waals surface area contributed by atoms with Crippen LogP contribution in [-0.4, -0.2) is 35.2 Å². The molecule has 0 bridgehead atoms. The summed E-state index contributed by atoms with van der Waals surface area (Å²) < 4.78 is 40.1. The van der Waals surface area contributed by atoms with Gasteiger partial charge in [-0.2, -0.15) is 18.3 Å². The van der Waals surface area contributed by atoms with Crippen molar-refractivity contribution in [1.29, 1.82) is 0 Å². The van der Waals surface area contributed by atoms with Gasteiger partial charge in [0, 0.05) is 18.0 Å². The zero-order chi connectivity index (χ0) is 22.2. The molecule has 1 aliphatic heterocycles. The molecule has 0 spiro atoms. The summed E-state index contributed by atoms with van der Waals surface area (Å²) in [6, 6.07) is 5.52. The number of halogens is 3. The van der Waals surface area contributed by atoms with Crippen molar-refractivity contribution in [2.45, 2.75) is 37.3 Å². The van der Waals surface area contributed by atoms with Crippen LogP contribution in [-0.2, 0) is 16.4 Å². The average molecular weight is 429 g/mol. The van der Waals surface area contributed by atoms with Gasteiger partial charge in [0.15, 0.2) is 5.71 Å². The van der Waals surface area contributed by atoms with Crippen LogP contribution in [0.4, 0.5) is 18.9 Å². The van der Waals surface area contributed by atoms with E-state index in [9.17, 15) is 18.0 Å². The molecule has 1 aromatic heterocycles. The molecule has 162 valence electrons. The minimum absolute atomic E-state index is 0.130. The van der Waals surface area contributed by atoms with Crippen LogP contribution in [0.15, 0.2) is 48.5 Å². The van der Waals surface area contributed by atoms with Crippen LogP contribution in [0.3, 0.4) is 0 Å². The summed E-state index contributed by atoms with van der Waals surface area (Å²) in [4.78, 5) is 20.7. The van der Waals surface area contributed by atoms with Gasteiger partial charge in [-0.25, -0.2) is 9.97 Å². The van der Waals surface area contributed by atoms with E-state index in [0.717, 1.165) is 31.7 Å². The molecule has 2 aromatic rings. The zero-order valence-electron chi connectivity index (χ0n) is 17.0. The summed E-state index contributed by atoms with van der Waals surface area (Å²) in [5.74, 6) is -0.404. The molecule has 0 unspecified atom stereocenters. The van der Waals surface area contributed by atoms with Gasteiger partial charge < -0.3 is 5.32 Å². The molecule has 1 aromatic carbocycles. The molecule has 1 N–H and O–H groups in total. The molecule has 0 radical (unpaired) electrons. The first-order chi connectivity index (χ1) is 14.7. The van der Waals surface area contributed by atoms with E-state index in [4.69, 9.17) is 0 Å². The van der Waals surface area contributed by atoms with E-state index in [-0.39, 0.29) is 5.71 Å². The lowest BCUT2D eigenvalue weighted by Gasteiger charge is -2.37. The second kappa shape index (κ2) is 7.79. The van der Waals surface area contributed by atoms with Crippen LogP contribution in [0.1, 0.15) is 42.5 Å². The third kappa shape index (κ3) is 3.80. The molecule has 1 amide bonds. The molecule has 1 aliphatic carbocycles. The summed E-state index contributed by atoms with van der Waals surface area (Å²) in [6.45, 7) is 4.26. The number of anilines is 1. The summed E-state index contributed by atoms with van der Waals surface area (Å²) in [5.41, 5.74) is 1.00. The SMILES string of the molecule is C=C1C(C(=O)NC)=NN(CC2(c3cccc(C(F)(F)F)c3)CCCC2)c2cncnc21. The van der Waals surface area contributed by atoms with Gasteiger partial charge in [0.1, 0.15) is 17.7 Å². The Morgan fingerprint density at radius 1 is 1.29 bits per heavy atom. The number of nitrogens with zero attached hydrogens (tertiary/aromatic N) is 4. The lowest BCUT2D eigenvalue weighted by Crippen LogP contribution is -2.41. The maximum Gasteiger partial charge on any atom is 0.416 e. The number of nitrogens with one attached hydrogen (secondary N) is 1. The summed E-state index contributed by atoms with van der Waals surface area (Å²) in [7, 11) is 1.50. The van der Waals surface area contributed by atoms with Gasteiger partial charge in [-0.15, -0.1) is 0 Å². The number of benzene rings is 1. The van der Waals surface area contributed by atoms with E-state index in [1.807, 2.05) is 0 Å². The van der Waals surface area contributed by atoms with Crippen molar-refractivity contribution in [2.75, 3.05) is 18.6 Å². The van der Waals surface area contributed by atoms with E-state index >= 15 is 0 Å². The highest BCUT2D eigenvalue weighted by Crippen LogP contribution is 2.45. The van der Waals surface area contributed by atoms with Gasteiger partial charge in [-0.1, -0.05) is 37.6 Å². The molecule has 31 heavy (non-hydrogen) atoms. The lowest BCUT2D eigenvalue weighted by molar-refractivity contribution is -0.137. The Hall–Kier alpha value is -3.23. The molecular formula is C22H22F3N5O. The first-order valence-corrected chi connectivity index (χ1v) is 10.0. The van der Waals surface area contributed by atoms with E-state index in [2.05, 4.69) is 27.0 Å². The predicted octanol–water partition coefficient (Wildman–Crippen LogP) is 3.94. The van der Waals surface area contributed by atoms with Crippen LogP contribution in [0, 0.1) is 0 Å². The van der Waals surface area contributed by atoms with Crippen molar-refractivity contribution < 1.29 is 18.0 Å². The second-order valence-corrected chi connectivity index (χ2v) is 7.89. The van der Waals surface area contributed by atoms with E-state index < -0.39 is 23.1 Å². The smallest absolute Gasteiger partial charge is 0.354 e. The number of alkyl halides is 3. The number of amides is 1. The number of hydrazone groups is 1. The number of hydrogen-bond donors (Lipinski definition) is 1. The quantitative estimate of drug-likeness (QED) is 0.799. The standard InChI is InChI=1S/C22H22F3N5O/c1-14-18-17(11-27-13-28-18)30(29-19(14)20(31)26-2)12-21(8-3-4-9-21)15-6-5-7-16(10-15)22(23,24)25/h5-7,10-11,13H,1,3-4,8-9,12H2,2H3,(H,26,31). The van der Waals surface area contributed by atoms with Crippen LogP contribution < -0.4 is 10.3 Å². The van der Waals surface area contributed by atoms with Gasteiger partial charge in [0.2, 0.25) is 0 Å². The predicted molar refractivity (Wildman–Crippen MR) is 112 cm³/mol. The average Bonchev–Trinajstić information content (AvgIpc) is 3.24. The normalized spacial score (nSPS) is 17.9. The van der Waals surface area contributed by atoms with E-state index in [0.29, 0.717) is 29.1 Å². The molecule has 0 saturated heterocycles. The number of fused-ring (bicyclic) bond motifs is 1. The highest BCUT2D eigenvalue weighted by atomic mass is 19.4. The van der Waals surface area contributed by atoms with Crippen molar-refractivity contribution in [3.8, 4) is 0 Å². The number of carbonyl (C=O) groups excluding carboxylic acids is 1. The number of rotatable bonds is 4. The van der Waals surface area contributed by atoms with E-state index in [1.165, 1.54) is 25.5 Å². The minimum Gasteiger partial charge on any atom is -0.354 e. The Morgan fingerprint density at radius 3 is 2.71 bits per heavy atom. The molecule has 4 rings (SSSR count). The van der Waals surface area contributed by atoms with E-state index in [1.54, 1.807) is 17.3 Å². The fourth-order valence-corrected chi connectivity index (χ4v) is 4.41. The van der Waals surface area contributed by atoms with Crippen molar-refractivity contribution >= 4 is 22.9 Å². The van der Waals surface area contributed by atoms with Gasteiger partial charge in [-0.3, -0.25) is 9.80 Å². The number of carbonyl (C=O) groups is 1. The fourth-order valence-electron chi connectivity index (χ4n) is 4.41. The van der Waals surface area contributed by atoms with Crippen LogP contribution in [0.2, 0.25) is 0 Å². The van der Waals surface area contributed by atoms with Gasteiger partial charge in [-0.05, 0) is 24.5 Å². The monoisotopic (exact) mass is 429 g/mol. The number of hydrogen-bond acceptors (Lipinski definition) is 5. The molecule has 1 fully saturated rings. The summed E-state index contributed by atoms with van der Waals surface area (Å²) >= 11 is 0. The Bertz CT molecular complexity index is 1060. The van der Waals surface area contributed by atoms with Gasteiger partial charge in [0.25, 0.3) is 5.91 Å². The Balaban J connectivity index is 1.78. The minimum atomic E-state index is -4.41. The molecule has 9 heteroatoms. The second-order valence-electron chi connectivity index (χ2n) is 7.89. The summed E-state index contributed by atoms with van der Waals surface area (Å²) in [6.07, 6.45) is 1.80. The first-order valence-electron chi connectivity index (χ1n) is 10.0. The fraction of sp³-hybridized carbons (Fsp3) is 0.364. The molecule has 2 aliphatic rings. The molecule has 0 atom stereocenters. The Labute approximate surface area is 177 Å². The highest BCUT2D eigenvalue weighted by molar-refractivity contribution is 6.56. The molecule has 6 nitrogen and oxygen atoms in total. The van der Waals surface area contributed by atoms with Gasteiger partial charge in [0.05, 0.1) is 18.3 Å². The summed E-state index contributed by atoms with van der Waals surface area (Å²) in [5, 5.41) is 8.71. The van der Waals surface area contributed by atoms with Crippen molar-refractivity contribution in [1.82, 2.24) is 15.3 Å². The third-order valence-corrected chi connectivity index (χ3v) is 6.02. The first kappa shape index (κ1) is 21.0. The lowest BCUT2D eigenvalue weighted by atomic mass is 9.78. The van der Waals surface area contributed by atoms with Crippen molar-refractivity contribution in [3.63, 3.8) is 0 Å². The Kier molecular flexibility index (Phi) is 5.28. The largest absolute Gasteiger partial charge is 0.416 e. The Morgan fingerprint density at radius 2 is 2.03 bits per heavy atom. The highest BCUT2D eigenvalue weighted by Gasteiger charge is 2.41. The molecule has 1 saturated carbocycles. The molecular weight excluding hydrogens is 407 g/mol. The van der Waals surface area contributed by atoms with Crippen molar-refractivity contribution in [2.24, 2.45) is 5.10 Å². The maximum absolute atomic E-state index is 13.4. The molecule has 2 heterocycles. The zero-order valence-corrected chi connectivity index (χ0v) is 17.0. The van der Waals surface area contributed by atoms with Crippen LogP contribution in [0.5, 0.6) is 0 Å². The van der Waals surface area contributed by atoms with Crippen molar-refractivity contribution in [3.05, 3.63) is 60.2 Å². The number of aromatic nitrogens is 2. The van der Waals surface area contributed by atoms with Crippen LogP contribution >= 0.6 is 0 Å². The topological polar surface area (TPSA) is 70.5 Å². The third-order valence-electron chi connectivity index (χ3n) is 6.02. The van der Waals surface area contributed by atoms with Gasteiger partial charge >= 0.3 is 6.18 Å². The van der Waals surface area contributed by atoms with Crippen LogP contribution in [0.25, 0.3) is 5.57 Å².